The predicted molar refractivity (Wildman–Crippen MR) is 62.4 cm³/mol. The SMILES string of the molecule is CCC=CC(Cl)CCCCCCC. The van der Waals surface area contributed by atoms with Crippen LogP contribution in [0.5, 0.6) is 0 Å². The molecule has 0 radical (unpaired) electrons. The monoisotopic (exact) mass is 202 g/mol. The van der Waals surface area contributed by atoms with E-state index >= 15 is 0 Å². The molecule has 0 aromatic rings. The molecule has 78 valence electrons. The Morgan fingerprint density at radius 3 is 2.38 bits per heavy atom. The van der Waals surface area contributed by atoms with Gasteiger partial charge in [-0.25, -0.2) is 0 Å². The van der Waals surface area contributed by atoms with Crippen molar-refractivity contribution in [3.05, 3.63) is 12.2 Å². The molecule has 0 saturated carbocycles. The third-order valence-corrected chi connectivity index (χ3v) is 2.53. The molecule has 0 nitrogen and oxygen atoms in total. The third kappa shape index (κ3) is 9.95. The van der Waals surface area contributed by atoms with Crippen molar-refractivity contribution in [2.24, 2.45) is 0 Å². The summed E-state index contributed by atoms with van der Waals surface area (Å²) in [6, 6.07) is 0. The van der Waals surface area contributed by atoms with Crippen molar-refractivity contribution in [2.45, 2.75) is 64.2 Å². The third-order valence-electron chi connectivity index (χ3n) is 2.16. The Balaban J connectivity index is 3.16. The summed E-state index contributed by atoms with van der Waals surface area (Å²) in [5.41, 5.74) is 0. The molecule has 0 aliphatic heterocycles. The molecule has 0 aromatic carbocycles. The molecule has 1 atom stereocenters. The normalized spacial score (nSPS) is 13.8. The molecule has 0 N–H and O–H groups in total. The molecule has 0 amide bonds. The van der Waals surface area contributed by atoms with Crippen LogP contribution >= 0.6 is 11.6 Å². The summed E-state index contributed by atoms with van der Waals surface area (Å²) < 4.78 is 0. The van der Waals surface area contributed by atoms with E-state index in [1.54, 1.807) is 0 Å². The summed E-state index contributed by atoms with van der Waals surface area (Å²) in [7, 11) is 0. The van der Waals surface area contributed by atoms with Gasteiger partial charge >= 0.3 is 0 Å². The van der Waals surface area contributed by atoms with Gasteiger partial charge in [0.1, 0.15) is 0 Å². The molecule has 1 unspecified atom stereocenters. The lowest BCUT2D eigenvalue weighted by Crippen LogP contribution is -1.92. The van der Waals surface area contributed by atoms with Crippen molar-refractivity contribution >= 4 is 11.6 Å². The topological polar surface area (TPSA) is 0 Å². The highest BCUT2D eigenvalue weighted by Crippen LogP contribution is 2.12. The van der Waals surface area contributed by atoms with Gasteiger partial charge < -0.3 is 0 Å². The van der Waals surface area contributed by atoms with Gasteiger partial charge in [0.15, 0.2) is 0 Å². The van der Waals surface area contributed by atoms with E-state index in [0.29, 0.717) is 0 Å². The Kier molecular flexibility index (Phi) is 10.1. The van der Waals surface area contributed by atoms with Crippen LogP contribution in [-0.4, -0.2) is 5.38 Å². The Bertz CT molecular complexity index is 118. The van der Waals surface area contributed by atoms with Gasteiger partial charge in [0.2, 0.25) is 0 Å². The average Bonchev–Trinajstić information content (AvgIpc) is 2.14. The van der Waals surface area contributed by atoms with Gasteiger partial charge in [0.25, 0.3) is 0 Å². The summed E-state index contributed by atoms with van der Waals surface area (Å²) >= 11 is 6.09. The number of allylic oxidation sites excluding steroid dienone is 2. The van der Waals surface area contributed by atoms with Crippen molar-refractivity contribution in [3.8, 4) is 0 Å². The first-order chi connectivity index (χ1) is 6.31. The van der Waals surface area contributed by atoms with Crippen LogP contribution in [0.3, 0.4) is 0 Å². The first-order valence-corrected chi connectivity index (χ1v) is 6.05. The summed E-state index contributed by atoms with van der Waals surface area (Å²) in [5.74, 6) is 0. The average molecular weight is 203 g/mol. The summed E-state index contributed by atoms with van der Waals surface area (Å²) in [6.45, 7) is 4.38. The summed E-state index contributed by atoms with van der Waals surface area (Å²) in [6.07, 6.45) is 13.2. The van der Waals surface area contributed by atoms with Gasteiger partial charge in [0, 0.05) is 0 Å². The molecule has 13 heavy (non-hydrogen) atoms. The Hall–Kier alpha value is 0.0300. The van der Waals surface area contributed by atoms with Gasteiger partial charge in [-0.1, -0.05) is 58.1 Å². The molecule has 0 saturated heterocycles. The summed E-state index contributed by atoms with van der Waals surface area (Å²) in [4.78, 5) is 0. The lowest BCUT2D eigenvalue weighted by molar-refractivity contribution is 0.613. The number of hydrogen-bond acceptors (Lipinski definition) is 0. The fraction of sp³-hybridized carbons (Fsp3) is 0.833. The maximum absolute atomic E-state index is 6.09. The number of alkyl halides is 1. The van der Waals surface area contributed by atoms with Crippen LogP contribution in [-0.2, 0) is 0 Å². The number of rotatable bonds is 8. The van der Waals surface area contributed by atoms with E-state index in [-0.39, 0.29) is 5.38 Å². The molecule has 0 heterocycles. The van der Waals surface area contributed by atoms with E-state index in [4.69, 9.17) is 11.6 Å². The maximum atomic E-state index is 6.09. The van der Waals surface area contributed by atoms with Crippen LogP contribution in [0.4, 0.5) is 0 Å². The van der Waals surface area contributed by atoms with Gasteiger partial charge in [-0.2, -0.15) is 0 Å². The van der Waals surface area contributed by atoms with Gasteiger partial charge in [-0.15, -0.1) is 11.6 Å². The van der Waals surface area contributed by atoms with E-state index in [0.717, 1.165) is 12.8 Å². The standard InChI is InChI=1S/C12H23Cl/c1-3-5-7-8-9-11-12(13)10-6-4-2/h6,10,12H,3-5,7-9,11H2,1-2H3. The smallest absolute Gasteiger partial charge is 0.0516 e. The Labute approximate surface area is 88.4 Å². The second-order valence-electron chi connectivity index (χ2n) is 3.56. The molecule has 1 heteroatoms. The molecule has 0 rings (SSSR count). The van der Waals surface area contributed by atoms with Gasteiger partial charge in [-0.05, 0) is 12.8 Å². The first kappa shape index (κ1) is 13.0. The van der Waals surface area contributed by atoms with Crippen LogP contribution in [0, 0.1) is 0 Å². The van der Waals surface area contributed by atoms with E-state index in [1.807, 2.05) is 0 Å². The number of hydrogen-bond donors (Lipinski definition) is 0. The molecular weight excluding hydrogens is 180 g/mol. The largest absolute Gasteiger partial charge is 0.118 e. The molecule has 0 aromatic heterocycles. The Morgan fingerprint density at radius 1 is 1.08 bits per heavy atom. The van der Waals surface area contributed by atoms with E-state index in [2.05, 4.69) is 26.0 Å². The number of unbranched alkanes of at least 4 members (excludes halogenated alkanes) is 4. The molecule has 0 spiro atoms. The van der Waals surface area contributed by atoms with Gasteiger partial charge in [0.05, 0.1) is 5.38 Å². The molecular formula is C12H23Cl. The lowest BCUT2D eigenvalue weighted by atomic mass is 10.1. The second-order valence-corrected chi connectivity index (χ2v) is 4.12. The molecule has 0 aliphatic carbocycles. The van der Waals surface area contributed by atoms with Crippen LogP contribution in [0.15, 0.2) is 12.2 Å². The lowest BCUT2D eigenvalue weighted by Gasteiger charge is -2.03. The second kappa shape index (κ2) is 10.1. The first-order valence-electron chi connectivity index (χ1n) is 5.62. The highest BCUT2D eigenvalue weighted by atomic mass is 35.5. The fourth-order valence-electron chi connectivity index (χ4n) is 1.32. The quantitative estimate of drug-likeness (QED) is 0.298. The molecule has 0 bridgehead atoms. The van der Waals surface area contributed by atoms with Gasteiger partial charge in [-0.3, -0.25) is 0 Å². The molecule has 0 fully saturated rings. The predicted octanol–water partition coefficient (Wildman–Crippen LogP) is 4.92. The van der Waals surface area contributed by atoms with Crippen LogP contribution in [0.2, 0.25) is 0 Å². The molecule has 0 aliphatic rings. The minimum absolute atomic E-state index is 0.265. The van der Waals surface area contributed by atoms with Crippen molar-refractivity contribution in [1.82, 2.24) is 0 Å². The van der Waals surface area contributed by atoms with Crippen molar-refractivity contribution in [3.63, 3.8) is 0 Å². The highest BCUT2D eigenvalue weighted by Gasteiger charge is 1.98. The van der Waals surface area contributed by atoms with E-state index in [9.17, 15) is 0 Å². The van der Waals surface area contributed by atoms with Crippen LogP contribution in [0.1, 0.15) is 58.8 Å². The summed E-state index contributed by atoms with van der Waals surface area (Å²) in [5, 5.41) is 0.265. The zero-order valence-electron chi connectivity index (χ0n) is 9.06. The van der Waals surface area contributed by atoms with Crippen molar-refractivity contribution in [1.29, 1.82) is 0 Å². The number of halogens is 1. The minimum Gasteiger partial charge on any atom is -0.118 e. The fourth-order valence-corrected chi connectivity index (χ4v) is 1.58. The Morgan fingerprint density at radius 2 is 1.77 bits per heavy atom. The maximum Gasteiger partial charge on any atom is 0.0516 e. The van der Waals surface area contributed by atoms with Crippen LogP contribution in [0.25, 0.3) is 0 Å². The van der Waals surface area contributed by atoms with Crippen molar-refractivity contribution < 1.29 is 0 Å². The van der Waals surface area contributed by atoms with Crippen molar-refractivity contribution in [2.75, 3.05) is 0 Å². The van der Waals surface area contributed by atoms with E-state index < -0.39 is 0 Å². The zero-order valence-corrected chi connectivity index (χ0v) is 9.82. The van der Waals surface area contributed by atoms with Crippen LogP contribution < -0.4 is 0 Å². The minimum atomic E-state index is 0.265. The van der Waals surface area contributed by atoms with E-state index in [1.165, 1.54) is 32.1 Å². The highest BCUT2D eigenvalue weighted by molar-refractivity contribution is 6.21. The zero-order chi connectivity index (χ0) is 9.94.